The maximum atomic E-state index is 13.1. The first-order valence-corrected chi connectivity index (χ1v) is 11.7. The van der Waals surface area contributed by atoms with Crippen LogP contribution in [0.1, 0.15) is 46.1 Å². The van der Waals surface area contributed by atoms with Gasteiger partial charge in [0.15, 0.2) is 0 Å². The number of carboxylic acids is 1. The lowest BCUT2D eigenvalue weighted by Crippen LogP contribution is -2.59. The number of aliphatic carboxylic acids is 1. The first-order valence-electron chi connectivity index (χ1n) is 11.7. The van der Waals surface area contributed by atoms with E-state index in [-0.39, 0.29) is 30.4 Å². The maximum absolute atomic E-state index is 13.1. The van der Waals surface area contributed by atoms with Crippen LogP contribution in [0.25, 0.3) is 0 Å². The van der Waals surface area contributed by atoms with Crippen molar-refractivity contribution in [1.29, 1.82) is 0 Å². The molecule has 0 saturated heterocycles. The van der Waals surface area contributed by atoms with Crippen LogP contribution in [0, 0.1) is 11.8 Å². The molecule has 35 heavy (non-hydrogen) atoms. The van der Waals surface area contributed by atoms with Gasteiger partial charge in [-0.25, -0.2) is 4.79 Å². The molecule has 1 aromatic carbocycles. The number of aromatic hydroxyl groups is 1. The summed E-state index contributed by atoms with van der Waals surface area (Å²) in [6.45, 7) is 6.51. The molecule has 0 fully saturated rings. The highest BCUT2D eigenvalue weighted by Gasteiger charge is 2.31. The number of hydrogen-bond donors (Lipinski definition) is 7. The minimum absolute atomic E-state index is 0.0156. The number of nitrogens with one attached hydrogen (secondary N) is 3. The van der Waals surface area contributed by atoms with Gasteiger partial charge in [-0.2, -0.15) is 0 Å². The summed E-state index contributed by atoms with van der Waals surface area (Å²) in [5.41, 5.74) is 6.61. The number of carbonyl (C=O) groups excluding carboxylic acids is 3. The molecule has 0 aromatic heterocycles. The number of aliphatic hydroxyl groups is 1. The van der Waals surface area contributed by atoms with Crippen molar-refractivity contribution in [3.8, 4) is 5.75 Å². The summed E-state index contributed by atoms with van der Waals surface area (Å²) in [7, 11) is 0. The van der Waals surface area contributed by atoms with Gasteiger partial charge in [0.1, 0.15) is 23.9 Å². The lowest BCUT2D eigenvalue weighted by molar-refractivity contribution is -0.143. The van der Waals surface area contributed by atoms with Gasteiger partial charge < -0.3 is 37.0 Å². The molecule has 196 valence electrons. The molecule has 0 aliphatic rings. The van der Waals surface area contributed by atoms with Gasteiger partial charge in [0.2, 0.25) is 17.7 Å². The molecule has 0 aliphatic heterocycles. The van der Waals surface area contributed by atoms with Gasteiger partial charge in [0.05, 0.1) is 12.6 Å². The number of benzene rings is 1. The first-order chi connectivity index (χ1) is 16.4. The van der Waals surface area contributed by atoms with Crippen LogP contribution in [0.4, 0.5) is 0 Å². The van der Waals surface area contributed by atoms with E-state index in [0.29, 0.717) is 12.0 Å². The van der Waals surface area contributed by atoms with Crippen molar-refractivity contribution in [3.63, 3.8) is 0 Å². The minimum Gasteiger partial charge on any atom is -0.508 e. The summed E-state index contributed by atoms with van der Waals surface area (Å²) in [6, 6.07) is 1.40. The molecular formula is C24H38N4O7. The third-order valence-electron chi connectivity index (χ3n) is 5.71. The van der Waals surface area contributed by atoms with E-state index in [4.69, 9.17) is 5.73 Å². The van der Waals surface area contributed by atoms with Crippen LogP contribution in [-0.4, -0.2) is 69.8 Å². The zero-order valence-electron chi connectivity index (χ0n) is 20.7. The minimum atomic E-state index is -1.43. The van der Waals surface area contributed by atoms with Gasteiger partial charge in [0, 0.05) is 6.42 Å². The number of carboxylic acid groups (broad SMARTS) is 1. The van der Waals surface area contributed by atoms with E-state index in [0.717, 1.165) is 0 Å². The molecule has 0 heterocycles. The second kappa shape index (κ2) is 14.3. The van der Waals surface area contributed by atoms with Gasteiger partial charge in [0.25, 0.3) is 0 Å². The average molecular weight is 495 g/mol. The highest BCUT2D eigenvalue weighted by molar-refractivity contribution is 5.94. The molecule has 0 aliphatic carbocycles. The fraction of sp³-hybridized carbons (Fsp3) is 0.583. The predicted octanol–water partition coefficient (Wildman–Crippen LogP) is -0.114. The summed E-state index contributed by atoms with van der Waals surface area (Å²) in [4.78, 5) is 49.8. The molecule has 5 atom stereocenters. The number of phenols is 1. The quantitative estimate of drug-likeness (QED) is 0.186. The molecule has 5 unspecified atom stereocenters. The van der Waals surface area contributed by atoms with Crippen LogP contribution in [0.15, 0.2) is 24.3 Å². The third-order valence-corrected chi connectivity index (χ3v) is 5.71. The van der Waals surface area contributed by atoms with Crippen LogP contribution in [-0.2, 0) is 25.6 Å². The molecule has 1 rings (SSSR count). The van der Waals surface area contributed by atoms with Gasteiger partial charge in [-0.3, -0.25) is 14.4 Å². The van der Waals surface area contributed by atoms with Crippen molar-refractivity contribution in [2.75, 3.05) is 6.61 Å². The van der Waals surface area contributed by atoms with Crippen molar-refractivity contribution >= 4 is 23.7 Å². The van der Waals surface area contributed by atoms with Crippen LogP contribution in [0.2, 0.25) is 0 Å². The van der Waals surface area contributed by atoms with Gasteiger partial charge in [-0.1, -0.05) is 46.2 Å². The monoisotopic (exact) mass is 494 g/mol. The van der Waals surface area contributed by atoms with Crippen molar-refractivity contribution in [2.45, 2.75) is 71.1 Å². The number of amides is 3. The molecule has 0 bridgehead atoms. The fourth-order valence-electron chi connectivity index (χ4n) is 3.29. The molecule has 1 aromatic rings. The molecule has 0 saturated carbocycles. The van der Waals surface area contributed by atoms with Crippen LogP contribution in [0.3, 0.4) is 0 Å². The second-order valence-electron chi connectivity index (χ2n) is 9.12. The summed E-state index contributed by atoms with van der Waals surface area (Å²) < 4.78 is 0. The third kappa shape index (κ3) is 9.91. The van der Waals surface area contributed by atoms with E-state index in [1.807, 2.05) is 6.92 Å². The summed E-state index contributed by atoms with van der Waals surface area (Å²) in [6.07, 6.45) is 0.841. The van der Waals surface area contributed by atoms with E-state index < -0.39 is 54.5 Å². The molecule has 8 N–H and O–H groups in total. The predicted molar refractivity (Wildman–Crippen MR) is 129 cm³/mol. The highest BCUT2D eigenvalue weighted by atomic mass is 16.4. The van der Waals surface area contributed by atoms with Crippen LogP contribution < -0.4 is 21.7 Å². The molecule has 11 heteroatoms. The Bertz CT molecular complexity index is 860. The Morgan fingerprint density at radius 3 is 1.89 bits per heavy atom. The maximum Gasteiger partial charge on any atom is 0.326 e. The van der Waals surface area contributed by atoms with Gasteiger partial charge in [-0.05, 0) is 36.0 Å². The van der Waals surface area contributed by atoms with E-state index in [2.05, 4.69) is 16.0 Å². The van der Waals surface area contributed by atoms with Crippen molar-refractivity contribution in [2.24, 2.45) is 17.6 Å². The lowest BCUT2D eigenvalue weighted by atomic mass is 9.98. The fourth-order valence-corrected chi connectivity index (χ4v) is 3.29. The normalized spacial score (nSPS) is 15.4. The number of phenolic OH excluding ortho intramolecular Hbond substituents is 1. The Morgan fingerprint density at radius 2 is 1.40 bits per heavy atom. The zero-order chi connectivity index (χ0) is 26.7. The topological polar surface area (TPSA) is 191 Å². The Hall–Kier alpha value is -3.18. The summed E-state index contributed by atoms with van der Waals surface area (Å²) in [5.74, 6) is -3.52. The smallest absolute Gasteiger partial charge is 0.326 e. The van der Waals surface area contributed by atoms with E-state index in [9.17, 15) is 34.5 Å². The Kier molecular flexibility index (Phi) is 12.2. The van der Waals surface area contributed by atoms with Crippen molar-refractivity contribution in [1.82, 2.24) is 16.0 Å². The molecule has 0 radical (unpaired) electrons. The standard InChI is InChI=1S/C24H38N4O7/c1-5-14(4)20(25)23(33)26-17(11-15-6-8-16(30)9-7-15)21(31)28-19(12-29)22(32)27-18(24(34)35)10-13(2)3/h6-9,13-14,17-20,29-30H,5,10-12,25H2,1-4H3,(H,26,33)(H,27,32)(H,28,31)(H,34,35). The van der Waals surface area contributed by atoms with E-state index in [1.54, 1.807) is 32.9 Å². The van der Waals surface area contributed by atoms with Crippen LogP contribution in [0.5, 0.6) is 5.75 Å². The number of hydrogen-bond acceptors (Lipinski definition) is 7. The number of rotatable bonds is 14. The molecule has 0 spiro atoms. The van der Waals surface area contributed by atoms with Gasteiger partial charge in [-0.15, -0.1) is 0 Å². The first kappa shape index (κ1) is 29.9. The molecule has 11 nitrogen and oxygen atoms in total. The average Bonchev–Trinajstić information content (AvgIpc) is 2.81. The van der Waals surface area contributed by atoms with Crippen LogP contribution >= 0.6 is 0 Å². The van der Waals surface area contributed by atoms with E-state index >= 15 is 0 Å². The van der Waals surface area contributed by atoms with E-state index in [1.165, 1.54) is 12.1 Å². The Balaban J connectivity index is 3.04. The second-order valence-corrected chi connectivity index (χ2v) is 9.12. The SMILES string of the molecule is CCC(C)C(N)C(=O)NC(Cc1ccc(O)cc1)C(=O)NC(CO)C(=O)NC(CC(C)C)C(=O)O. The lowest BCUT2D eigenvalue weighted by Gasteiger charge is -2.25. The molecular weight excluding hydrogens is 456 g/mol. The number of nitrogens with two attached hydrogens (primary N) is 1. The highest BCUT2D eigenvalue weighted by Crippen LogP contribution is 2.13. The largest absolute Gasteiger partial charge is 0.508 e. The Labute approximate surface area is 205 Å². The number of aliphatic hydroxyl groups excluding tert-OH is 1. The summed E-state index contributed by atoms with van der Waals surface area (Å²) in [5, 5.41) is 35.9. The van der Waals surface area contributed by atoms with Gasteiger partial charge >= 0.3 is 5.97 Å². The molecule has 3 amide bonds. The Morgan fingerprint density at radius 1 is 0.886 bits per heavy atom. The van der Waals surface area contributed by atoms with Crippen molar-refractivity contribution in [3.05, 3.63) is 29.8 Å². The number of carbonyl (C=O) groups is 4. The zero-order valence-corrected chi connectivity index (χ0v) is 20.7. The van der Waals surface area contributed by atoms with Crippen molar-refractivity contribution < 1.29 is 34.5 Å². The summed E-state index contributed by atoms with van der Waals surface area (Å²) >= 11 is 0.